The maximum atomic E-state index is 9.68. The van der Waals surface area contributed by atoms with E-state index in [1.165, 1.54) is 6.21 Å². The number of aliphatic hydroxyl groups is 1. The fourth-order valence-electron chi connectivity index (χ4n) is 2.09. The summed E-state index contributed by atoms with van der Waals surface area (Å²) in [6.45, 7) is 5.68. The van der Waals surface area contributed by atoms with E-state index in [0.29, 0.717) is 6.61 Å². The lowest BCUT2D eigenvalue weighted by Gasteiger charge is -2.18. The molecular formula is C15H21NO4. The quantitative estimate of drug-likeness (QED) is 0.662. The number of benzene rings is 1. The van der Waals surface area contributed by atoms with Gasteiger partial charge in [0.15, 0.2) is 5.79 Å². The molecule has 0 aromatic heterocycles. The Kier molecular flexibility index (Phi) is 4.75. The van der Waals surface area contributed by atoms with E-state index in [1.54, 1.807) is 20.8 Å². The molecule has 1 heterocycles. The van der Waals surface area contributed by atoms with Gasteiger partial charge in [-0.05, 0) is 26.3 Å². The van der Waals surface area contributed by atoms with E-state index in [4.69, 9.17) is 14.3 Å². The van der Waals surface area contributed by atoms with Crippen molar-refractivity contribution in [1.82, 2.24) is 0 Å². The van der Waals surface area contributed by atoms with Gasteiger partial charge in [0.25, 0.3) is 0 Å². The van der Waals surface area contributed by atoms with Gasteiger partial charge in [0, 0.05) is 0 Å². The average molecular weight is 279 g/mol. The second-order valence-electron chi connectivity index (χ2n) is 5.32. The Labute approximate surface area is 119 Å². The van der Waals surface area contributed by atoms with Gasteiger partial charge in [0.05, 0.1) is 12.3 Å². The van der Waals surface area contributed by atoms with E-state index >= 15 is 0 Å². The van der Waals surface area contributed by atoms with Crippen molar-refractivity contribution in [2.75, 3.05) is 0 Å². The third-order valence-electron chi connectivity index (χ3n) is 3.00. The van der Waals surface area contributed by atoms with Crippen molar-refractivity contribution in [2.24, 2.45) is 5.16 Å². The van der Waals surface area contributed by atoms with Crippen LogP contribution in [0.5, 0.6) is 0 Å². The summed E-state index contributed by atoms with van der Waals surface area (Å²) in [7, 11) is 0. The van der Waals surface area contributed by atoms with Crippen LogP contribution in [-0.2, 0) is 20.9 Å². The normalized spacial score (nSPS) is 26.8. The third kappa shape index (κ3) is 4.03. The third-order valence-corrected chi connectivity index (χ3v) is 3.00. The lowest BCUT2D eigenvalue weighted by molar-refractivity contribution is -0.151. The van der Waals surface area contributed by atoms with Gasteiger partial charge in [0.2, 0.25) is 0 Å². The number of nitrogens with zero attached hydrogens (tertiary/aromatic N) is 1. The largest absolute Gasteiger partial charge is 0.391 e. The van der Waals surface area contributed by atoms with Crippen molar-refractivity contribution in [3.05, 3.63) is 35.9 Å². The molecule has 1 N–H and O–H groups in total. The predicted octanol–water partition coefficient (Wildman–Crippen LogP) is 2.09. The summed E-state index contributed by atoms with van der Waals surface area (Å²) in [4.78, 5) is 5.23. The van der Waals surface area contributed by atoms with E-state index in [1.807, 2.05) is 30.3 Å². The van der Waals surface area contributed by atoms with Crippen LogP contribution in [0.25, 0.3) is 0 Å². The summed E-state index contributed by atoms with van der Waals surface area (Å²) in [5.41, 5.74) is 1.04. The summed E-state index contributed by atoms with van der Waals surface area (Å²) in [6, 6.07) is 9.77. The standard InChI is InChI=1S/C15H21NO4/c1-11(17)14-13(19-15(2,3)20-14)9-16-18-10-12-7-5-4-6-8-12/h4-9,11,13-14,17H,10H2,1-3H3/b16-9+/t11-,13+,14-/m1/s1. The molecule has 20 heavy (non-hydrogen) atoms. The number of aliphatic hydroxyl groups excluding tert-OH is 1. The molecule has 0 saturated carbocycles. The van der Waals surface area contributed by atoms with Gasteiger partial charge in [-0.15, -0.1) is 0 Å². The first-order valence-corrected chi connectivity index (χ1v) is 6.71. The SMILES string of the molecule is C[C@@H](O)[C@H]1OC(C)(C)O[C@H]1/C=N/OCc1ccccc1. The van der Waals surface area contributed by atoms with Crippen molar-refractivity contribution in [3.8, 4) is 0 Å². The zero-order valence-electron chi connectivity index (χ0n) is 12.0. The Morgan fingerprint density at radius 2 is 2.05 bits per heavy atom. The number of hydrogen-bond donors (Lipinski definition) is 1. The average Bonchev–Trinajstić information content (AvgIpc) is 2.71. The van der Waals surface area contributed by atoms with E-state index in [2.05, 4.69) is 5.16 Å². The predicted molar refractivity (Wildman–Crippen MR) is 75.2 cm³/mol. The summed E-state index contributed by atoms with van der Waals surface area (Å²) < 4.78 is 11.3. The van der Waals surface area contributed by atoms with Gasteiger partial charge in [-0.2, -0.15) is 0 Å². The van der Waals surface area contributed by atoms with Crippen LogP contribution in [0.4, 0.5) is 0 Å². The maximum Gasteiger partial charge on any atom is 0.164 e. The highest BCUT2D eigenvalue weighted by Gasteiger charge is 2.42. The molecule has 0 unspecified atom stereocenters. The van der Waals surface area contributed by atoms with E-state index in [9.17, 15) is 5.11 Å². The van der Waals surface area contributed by atoms with Gasteiger partial charge >= 0.3 is 0 Å². The molecule has 5 heteroatoms. The van der Waals surface area contributed by atoms with Crippen molar-refractivity contribution < 1.29 is 19.4 Å². The fourth-order valence-corrected chi connectivity index (χ4v) is 2.09. The first-order chi connectivity index (χ1) is 9.48. The molecule has 1 fully saturated rings. The molecule has 0 radical (unpaired) electrons. The lowest BCUT2D eigenvalue weighted by atomic mass is 10.1. The molecule has 0 bridgehead atoms. The number of ether oxygens (including phenoxy) is 2. The Hall–Kier alpha value is -1.43. The van der Waals surface area contributed by atoms with Gasteiger partial charge in [-0.1, -0.05) is 35.5 Å². The van der Waals surface area contributed by atoms with E-state index in [0.717, 1.165) is 5.56 Å². The van der Waals surface area contributed by atoms with Crippen molar-refractivity contribution >= 4 is 6.21 Å². The molecule has 1 saturated heterocycles. The zero-order valence-corrected chi connectivity index (χ0v) is 12.0. The van der Waals surface area contributed by atoms with Crippen LogP contribution in [0.3, 0.4) is 0 Å². The molecule has 0 amide bonds. The molecule has 1 aromatic carbocycles. The smallest absolute Gasteiger partial charge is 0.164 e. The van der Waals surface area contributed by atoms with Crippen LogP contribution in [0.2, 0.25) is 0 Å². The Morgan fingerprint density at radius 1 is 1.35 bits per heavy atom. The molecule has 1 aliphatic rings. The van der Waals surface area contributed by atoms with Crippen molar-refractivity contribution in [3.63, 3.8) is 0 Å². The monoisotopic (exact) mass is 279 g/mol. The van der Waals surface area contributed by atoms with Crippen LogP contribution in [0, 0.1) is 0 Å². The second kappa shape index (κ2) is 6.35. The lowest BCUT2D eigenvalue weighted by Crippen LogP contribution is -2.34. The second-order valence-corrected chi connectivity index (χ2v) is 5.32. The number of rotatable bonds is 5. The Bertz CT molecular complexity index is 444. The molecule has 0 aliphatic carbocycles. The molecule has 3 atom stereocenters. The molecule has 2 rings (SSSR count). The van der Waals surface area contributed by atoms with E-state index < -0.39 is 24.1 Å². The molecule has 0 spiro atoms. The summed E-state index contributed by atoms with van der Waals surface area (Å²) in [5.74, 6) is -0.724. The highest BCUT2D eigenvalue weighted by molar-refractivity contribution is 5.64. The highest BCUT2D eigenvalue weighted by Crippen LogP contribution is 2.29. The number of oxime groups is 1. The molecule has 1 aliphatic heterocycles. The van der Waals surface area contributed by atoms with Crippen LogP contribution >= 0.6 is 0 Å². The van der Waals surface area contributed by atoms with Crippen molar-refractivity contribution in [2.45, 2.75) is 51.5 Å². The first-order valence-electron chi connectivity index (χ1n) is 6.71. The van der Waals surface area contributed by atoms with E-state index in [-0.39, 0.29) is 0 Å². The van der Waals surface area contributed by atoms with Crippen LogP contribution in [0.15, 0.2) is 35.5 Å². The van der Waals surface area contributed by atoms with Crippen molar-refractivity contribution in [1.29, 1.82) is 0 Å². The van der Waals surface area contributed by atoms with Gasteiger partial charge in [-0.25, -0.2) is 0 Å². The summed E-state index contributed by atoms with van der Waals surface area (Å²) >= 11 is 0. The first kappa shape index (κ1) is 15.0. The molecular weight excluding hydrogens is 258 g/mol. The minimum atomic E-state index is -0.724. The Balaban J connectivity index is 1.87. The molecule has 1 aromatic rings. The number of hydrogen-bond acceptors (Lipinski definition) is 5. The topological polar surface area (TPSA) is 60.3 Å². The zero-order chi connectivity index (χ0) is 14.6. The Morgan fingerprint density at radius 3 is 2.70 bits per heavy atom. The summed E-state index contributed by atoms with van der Waals surface area (Å²) in [5, 5.41) is 13.6. The van der Waals surface area contributed by atoms with Gasteiger partial charge in [-0.3, -0.25) is 0 Å². The van der Waals surface area contributed by atoms with Gasteiger partial charge < -0.3 is 19.4 Å². The fraction of sp³-hybridized carbons (Fsp3) is 0.533. The van der Waals surface area contributed by atoms with Crippen LogP contribution in [-0.4, -0.2) is 35.4 Å². The van der Waals surface area contributed by atoms with Crippen LogP contribution in [0.1, 0.15) is 26.3 Å². The highest BCUT2D eigenvalue weighted by atomic mass is 16.8. The molecule has 110 valence electrons. The van der Waals surface area contributed by atoms with Crippen LogP contribution < -0.4 is 0 Å². The van der Waals surface area contributed by atoms with Gasteiger partial charge in [0.1, 0.15) is 18.8 Å². The maximum absolute atomic E-state index is 9.68. The summed E-state index contributed by atoms with van der Waals surface area (Å²) in [6.07, 6.45) is 0.0481. The molecule has 5 nitrogen and oxygen atoms in total. The minimum Gasteiger partial charge on any atom is -0.391 e. The minimum absolute atomic E-state index is 0.396.